The van der Waals surface area contributed by atoms with E-state index in [0.717, 1.165) is 59.3 Å². The first kappa shape index (κ1) is 26.1. The van der Waals surface area contributed by atoms with E-state index in [1.807, 2.05) is 43.3 Å². The summed E-state index contributed by atoms with van der Waals surface area (Å²) in [6.45, 7) is 8.02. The number of hydrogen-bond donors (Lipinski definition) is 0. The fourth-order valence-corrected chi connectivity index (χ4v) is 5.02. The van der Waals surface area contributed by atoms with E-state index in [9.17, 15) is 4.79 Å². The van der Waals surface area contributed by atoms with Gasteiger partial charge in [0.05, 0.1) is 30.3 Å². The summed E-state index contributed by atoms with van der Waals surface area (Å²) in [5.41, 5.74) is 2.33. The van der Waals surface area contributed by atoms with Gasteiger partial charge >= 0.3 is 0 Å². The number of rotatable bonds is 9. The van der Waals surface area contributed by atoms with Crippen molar-refractivity contribution in [3.05, 3.63) is 74.8 Å². The van der Waals surface area contributed by atoms with Crippen molar-refractivity contribution in [1.29, 1.82) is 0 Å². The smallest absolute Gasteiger partial charge is 0.282 e. The van der Waals surface area contributed by atoms with Gasteiger partial charge in [-0.05, 0) is 68.5 Å². The normalized spacial score (nSPS) is 15.3. The minimum atomic E-state index is -0.159. The SMILES string of the molecule is C=CCc1cc(C=Nn2c(C3CCCCC3)nc3ccc(Br)cc3c2=O)cc(OC)c1O[C@@H](C)CC. The predicted octanol–water partition coefficient (Wildman–Crippen LogP) is 7.00. The highest BCUT2D eigenvalue weighted by Crippen LogP contribution is 2.35. The molecule has 0 aliphatic heterocycles. The van der Waals surface area contributed by atoms with Crippen molar-refractivity contribution in [2.24, 2.45) is 5.10 Å². The molecule has 0 saturated heterocycles. The Bertz CT molecular complexity index is 1330. The van der Waals surface area contributed by atoms with Crippen molar-refractivity contribution in [3.63, 3.8) is 0 Å². The van der Waals surface area contributed by atoms with Crippen LogP contribution in [0.25, 0.3) is 10.9 Å². The number of nitrogens with zero attached hydrogens (tertiary/aromatic N) is 3. The molecule has 1 aliphatic carbocycles. The Kier molecular flexibility index (Phi) is 8.62. The summed E-state index contributed by atoms with van der Waals surface area (Å²) >= 11 is 3.48. The zero-order valence-corrected chi connectivity index (χ0v) is 22.9. The molecule has 1 aliphatic rings. The van der Waals surface area contributed by atoms with Crippen LogP contribution in [-0.4, -0.2) is 29.1 Å². The Morgan fingerprint density at radius 3 is 2.72 bits per heavy atom. The van der Waals surface area contributed by atoms with Gasteiger partial charge in [0, 0.05) is 16.0 Å². The van der Waals surface area contributed by atoms with Crippen molar-refractivity contribution in [2.45, 2.75) is 70.8 Å². The summed E-state index contributed by atoms with van der Waals surface area (Å²) in [5.74, 6) is 2.31. The highest BCUT2D eigenvalue weighted by atomic mass is 79.9. The third kappa shape index (κ3) is 5.72. The summed E-state index contributed by atoms with van der Waals surface area (Å²) in [6.07, 6.45) is 10.7. The second-order valence-electron chi connectivity index (χ2n) is 9.37. The Balaban J connectivity index is 1.82. The van der Waals surface area contributed by atoms with Crippen LogP contribution in [0.1, 0.15) is 75.2 Å². The number of benzene rings is 2. The lowest BCUT2D eigenvalue weighted by atomic mass is 9.88. The fourth-order valence-electron chi connectivity index (χ4n) is 4.66. The molecule has 0 radical (unpaired) electrons. The minimum absolute atomic E-state index is 0.0570. The minimum Gasteiger partial charge on any atom is -0.493 e. The molecule has 0 amide bonds. The maximum absolute atomic E-state index is 13.6. The Morgan fingerprint density at radius 2 is 2.03 bits per heavy atom. The van der Waals surface area contributed by atoms with Crippen LogP contribution in [0.5, 0.6) is 11.5 Å². The fraction of sp³-hybridized carbons (Fsp3) is 0.414. The van der Waals surface area contributed by atoms with Crippen LogP contribution in [0.15, 0.2) is 57.4 Å². The second-order valence-corrected chi connectivity index (χ2v) is 10.3. The number of aromatic nitrogens is 2. The summed E-state index contributed by atoms with van der Waals surface area (Å²) in [4.78, 5) is 18.5. The lowest BCUT2D eigenvalue weighted by molar-refractivity contribution is 0.206. The lowest BCUT2D eigenvalue weighted by Gasteiger charge is -2.23. The molecule has 7 heteroatoms. The van der Waals surface area contributed by atoms with E-state index in [0.29, 0.717) is 23.1 Å². The lowest BCUT2D eigenvalue weighted by Crippen LogP contribution is -2.25. The van der Waals surface area contributed by atoms with E-state index in [-0.39, 0.29) is 17.6 Å². The summed E-state index contributed by atoms with van der Waals surface area (Å²) in [5, 5.41) is 5.24. The quantitative estimate of drug-likeness (QED) is 0.212. The summed E-state index contributed by atoms with van der Waals surface area (Å²) in [6, 6.07) is 9.53. The zero-order chi connectivity index (χ0) is 25.7. The molecular weight excluding hydrogens is 518 g/mol. The Labute approximate surface area is 221 Å². The van der Waals surface area contributed by atoms with E-state index in [2.05, 4.69) is 29.4 Å². The first-order chi connectivity index (χ1) is 17.4. The van der Waals surface area contributed by atoms with Crippen LogP contribution >= 0.6 is 15.9 Å². The second kappa shape index (κ2) is 11.9. The topological polar surface area (TPSA) is 65.7 Å². The molecule has 0 bridgehead atoms. The van der Waals surface area contributed by atoms with Gasteiger partial charge in [0.1, 0.15) is 5.82 Å². The number of ether oxygens (including phenoxy) is 2. The number of hydrogen-bond acceptors (Lipinski definition) is 5. The van der Waals surface area contributed by atoms with Gasteiger partial charge in [-0.3, -0.25) is 4.79 Å². The first-order valence-corrected chi connectivity index (χ1v) is 13.5. The number of allylic oxidation sites excluding steroid dienone is 1. The van der Waals surface area contributed by atoms with E-state index in [1.54, 1.807) is 13.3 Å². The van der Waals surface area contributed by atoms with Crippen molar-refractivity contribution in [3.8, 4) is 11.5 Å². The molecule has 1 aromatic heterocycles. The van der Waals surface area contributed by atoms with E-state index < -0.39 is 0 Å². The predicted molar refractivity (Wildman–Crippen MR) is 150 cm³/mol. The molecule has 36 heavy (non-hydrogen) atoms. The third-order valence-corrected chi connectivity index (χ3v) is 7.25. The van der Waals surface area contributed by atoms with E-state index >= 15 is 0 Å². The molecule has 0 N–H and O–H groups in total. The first-order valence-electron chi connectivity index (χ1n) is 12.7. The molecule has 2 aromatic carbocycles. The summed E-state index contributed by atoms with van der Waals surface area (Å²) in [7, 11) is 1.63. The van der Waals surface area contributed by atoms with Gasteiger partial charge in [0.25, 0.3) is 5.56 Å². The van der Waals surface area contributed by atoms with E-state index in [1.165, 1.54) is 11.1 Å². The molecule has 1 fully saturated rings. The van der Waals surface area contributed by atoms with Crippen LogP contribution < -0.4 is 15.0 Å². The van der Waals surface area contributed by atoms with Gasteiger partial charge in [-0.25, -0.2) is 4.98 Å². The molecule has 0 unspecified atom stereocenters. The highest BCUT2D eigenvalue weighted by Gasteiger charge is 2.23. The molecule has 4 rings (SSSR count). The van der Waals surface area contributed by atoms with Crippen molar-refractivity contribution < 1.29 is 9.47 Å². The number of halogens is 1. The average molecular weight is 553 g/mol. The Morgan fingerprint density at radius 1 is 1.25 bits per heavy atom. The average Bonchev–Trinajstić information content (AvgIpc) is 2.90. The number of fused-ring (bicyclic) bond motifs is 1. The standard InChI is InChI=1S/C29H34BrN3O3/c1-5-10-22-15-20(16-26(35-4)27(22)36-19(3)6-2)18-31-33-28(21-11-8-7-9-12-21)32-25-14-13-23(30)17-24(25)29(33)34/h5,13-19,21H,1,6-12H2,2-4H3/t19-/m0/s1. The van der Waals surface area contributed by atoms with E-state index in [4.69, 9.17) is 19.6 Å². The third-order valence-electron chi connectivity index (χ3n) is 6.76. The molecule has 190 valence electrons. The monoisotopic (exact) mass is 551 g/mol. The molecule has 1 saturated carbocycles. The largest absolute Gasteiger partial charge is 0.493 e. The van der Waals surface area contributed by atoms with Gasteiger partial charge < -0.3 is 9.47 Å². The van der Waals surface area contributed by atoms with Crippen molar-refractivity contribution in [1.82, 2.24) is 9.66 Å². The van der Waals surface area contributed by atoms with Crippen molar-refractivity contribution >= 4 is 33.0 Å². The van der Waals surface area contributed by atoms with Crippen LogP contribution in [0.2, 0.25) is 0 Å². The molecular formula is C29H34BrN3O3. The number of methoxy groups -OCH3 is 1. The van der Waals surface area contributed by atoms with Crippen LogP contribution in [-0.2, 0) is 6.42 Å². The van der Waals surface area contributed by atoms with Crippen LogP contribution in [0, 0.1) is 0 Å². The zero-order valence-electron chi connectivity index (χ0n) is 21.3. The van der Waals surface area contributed by atoms with Gasteiger partial charge in [-0.1, -0.05) is 48.2 Å². The molecule has 6 nitrogen and oxygen atoms in total. The molecule has 3 aromatic rings. The maximum atomic E-state index is 13.6. The maximum Gasteiger partial charge on any atom is 0.282 e. The molecule has 0 spiro atoms. The van der Waals surface area contributed by atoms with Gasteiger partial charge in [0.15, 0.2) is 11.5 Å². The van der Waals surface area contributed by atoms with Gasteiger partial charge in [-0.2, -0.15) is 9.78 Å². The van der Waals surface area contributed by atoms with Gasteiger partial charge in [-0.15, -0.1) is 6.58 Å². The van der Waals surface area contributed by atoms with Gasteiger partial charge in [0.2, 0.25) is 0 Å². The van der Waals surface area contributed by atoms with Crippen LogP contribution in [0.3, 0.4) is 0 Å². The summed E-state index contributed by atoms with van der Waals surface area (Å²) < 4.78 is 14.2. The Hall–Kier alpha value is -2.93. The highest BCUT2D eigenvalue weighted by molar-refractivity contribution is 9.10. The van der Waals surface area contributed by atoms with Crippen molar-refractivity contribution in [2.75, 3.05) is 7.11 Å². The molecule has 1 atom stereocenters. The molecule has 1 heterocycles. The van der Waals surface area contributed by atoms with Crippen LogP contribution in [0.4, 0.5) is 0 Å².